The number of oxazole rings is 1. The van der Waals surface area contributed by atoms with E-state index in [-0.39, 0.29) is 0 Å². The van der Waals surface area contributed by atoms with Crippen molar-refractivity contribution in [2.45, 2.75) is 0 Å². The number of nitrogens with zero attached hydrogens (tertiary/aromatic N) is 2. The van der Waals surface area contributed by atoms with Gasteiger partial charge in [-0.05, 0) is 121 Å². The number of hydrogen-bond donors (Lipinski definition) is 0. The molecule has 0 unspecified atom stereocenters. The monoisotopic (exact) mass is 842 g/mol. The van der Waals surface area contributed by atoms with Crippen LogP contribution in [0.3, 0.4) is 0 Å². The highest BCUT2D eigenvalue weighted by molar-refractivity contribution is 6.12. The third-order valence-corrected chi connectivity index (χ3v) is 12.7. The first-order valence-corrected chi connectivity index (χ1v) is 22.4. The van der Waals surface area contributed by atoms with Gasteiger partial charge in [0.15, 0.2) is 5.58 Å². The second-order valence-corrected chi connectivity index (χ2v) is 16.7. The molecule has 12 aromatic rings. The van der Waals surface area contributed by atoms with Crippen LogP contribution in [-0.4, -0.2) is 4.98 Å². The van der Waals surface area contributed by atoms with E-state index in [1.54, 1.807) is 0 Å². The van der Waals surface area contributed by atoms with E-state index in [4.69, 9.17) is 9.40 Å². The van der Waals surface area contributed by atoms with Crippen LogP contribution in [0.5, 0.6) is 0 Å². The molecule has 0 amide bonds. The van der Waals surface area contributed by atoms with Crippen LogP contribution in [0.1, 0.15) is 0 Å². The van der Waals surface area contributed by atoms with Crippen molar-refractivity contribution in [3.63, 3.8) is 0 Å². The number of anilines is 3. The van der Waals surface area contributed by atoms with Gasteiger partial charge in [-0.3, -0.25) is 0 Å². The van der Waals surface area contributed by atoms with Crippen LogP contribution in [0.4, 0.5) is 17.1 Å². The zero-order chi connectivity index (χ0) is 43.8. The molecule has 11 aromatic carbocycles. The van der Waals surface area contributed by atoms with Crippen LogP contribution in [-0.2, 0) is 0 Å². The lowest BCUT2D eigenvalue weighted by molar-refractivity contribution is 0.620. The molecule has 66 heavy (non-hydrogen) atoms. The van der Waals surface area contributed by atoms with E-state index in [1.165, 1.54) is 38.6 Å². The molecule has 12 rings (SSSR count). The fraction of sp³-hybridized carbons (Fsp3) is 0. The van der Waals surface area contributed by atoms with Gasteiger partial charge in [0.05, 0.1) is 5.69 Å². The number of aromatic nitrogens is 1. The second kappa shape index (κ2) is 16.7. The maximum Gasteiger partial charge on any atom is 0.227 e. The first-order valence-electron chi connectivity index (χ1n) is 22.4. The van der Waals surface area contributed by atoms with Gasteiger partial charge in [0.25, 0.3) is 0 Å². The summed E-state index contributed by atoms with van der Waals surface area (Å²) in [6, 6.07) is 90.9. The van der Waals surface area contributed by atoms with Crippen molar-refractivity contribution in [2.75, 3.05) is 4.90 Å². The summed E-state index contributed by atoms with van der Waals surface area (Å²) in [7, 11) is 0. The van der Waals surface area contributed by atoms with Gasteiger partial charge in [-0.2, -0.15) is 0 Å². The number of fused-ring (bicyclic) bond motifs is 4. The fourth-order valence-electron chi connectivity index (χ4n) is 9.43. The predicted molar refractivity (Wildman–Crippen MR) is 276 cm³/mol. The second-order valence-electron chi connectivity index (χ2n) is 16.7. The van der Waals surface area contributed by atoms with Crippen molar-refractivity contribution in [1.82, 2.24) is 4.98 Å². The Morgan fingerprint density at radius 3 is 1.42 bits per heavy atom. The molecule has 0 aliphatic heterocycles. The molecule has 310 valence electrons. The highest BCUT2D eigenvalue weighted by Crippen LogP contribution is 2.45. The lowest BCUT2D eigenvalue weighted by Crippen LogP contribution is -2.11. The topological polar surface area (TPSA) is 29.3 Å². The minimum Gasteiger partial charge on any atom is -0.436 e. The highest BCUT2D eigenvalue weighted by atomic mass is 16.3. The molecule has 0 saturated carbocycles. The van der Waals surface area contributed by atoms with E-state index in [2.05, 4.69) is 254 Å². The zero-order valence-electron chi connectivity index (χ0n) is 36.1. The Bertz CT molecular complexity index is 3650. The molecule has 0 aliphatic rings. The maximum atomic E-state index is 6.65. The molecule has 0 bridgehead atoms. The quantitative estimate of drug-likeness (QED) is 0.145. The first kappa shape index (κ1) is 38.9. The van der Waals surface area contributed by atoms with Crippen LogP contribution >= 0.6 is 0 Å². The Labute approximate surface area is 384 Å². The van der Waals surface area contributed by atoms with E-state index in [1.807, 2.05) is 6.07 Å². The van der Waals surface area contributed by atoms with Crippen molar-refractivity contribution in [2.24, 2.45) is 0 Å². The normalized spacial score (nSPS) is 11.3. The van der Waals surface area contributed by atoms with E-state index >= 15 is 0 Å². The Kier molecular flexibility index (Phi) is 9.85. The van der Waals surface area contributed by atoms with E-state index < -0.39 is 0 Å². The molecule has 0 fully saturated rings. The standard InChI is InChI=1S/C63H42N2O/c1-4-15-43(16-5-1)45-27-29-50(30-28-45)63-64-62-57-25-13-12-24-56(57)58(42-61(62)66-63)51-35-40-60(59(41-51)48-19-8-3-9-20-48)65(52-36-31-46(32-37-52)44-17-6-2-7-18-44)53-38-33-49(34-39-53)55-26-14-22-47-21-10-11-23-54(47)55/h1-42H. The Balaban J connectivity index is 0.997. The summed E-state index contributed by atoms with van der Waals surface area (Å²) >= 11 is 0. The number of benzene rings is 11. The van der Waals surface area contributed by atoms with Gasteiger partial charge < -0.3 is 9.32 Å². The van der Waals surface area contributed by atoms with Gasteiger partial charge in [0, 0.05) is 27.9 Å². The van der Waals surface area contributed by atoms with Crippen LogP contribution in [0, 0.1) is 0 Å². The minimum absolute atomic E-state index is 0.604. The van der Waals surface area contributed by atoms with Gasteiger partial charge in [-0.25, -0.2) is 4.98 Å². The molecule has 0 N–H and O–H groups in total. The van der Waals surface area contributed by atoms with E-state index in [0.717, 1.165) is 72.3 Å². The third-order valence-electron chi connectivity index (χ3n) is 12.7. The lowest BCUT2D eigenvalue weighted by atomic mass is 9.93. The average Bonchev–Trinajstić information content (AvgIpc) is 3.85. The van der Waals surface area contributed by atoms with E-state index in [0.29, 0.717) is 5.89 Å². The summed E-state index contributed by atoms with van der Waals surface area (Å²) in [6.07, 6.45) is 0. The molecule has 3 heteroatoms. The summed E-state index contributed by atoms with van der Waals surface area (Å²) in [5.74, 6) is 0.604. The van der Waals surface area contributed by atoms with Crippen molar-refractivity contribution >= 4 is 49.7 Å². The van der Waals surface area contributed by atoms with Crippen LogP contribution < -0.4 is 4.90 Å². The molecule has 0 radical (unpaired) electrons. The summed E-state index contributed by atoms with van der Waals surface area (Å²) in [4.78, 5) is 7.50. The molecule has 1 aromatic heterocycles. The van der Waals surface area contributed by atoms with Gasteiger partial charge in [-0.1, -0.05) is 200 Å². The maximum absolute atomic E-state index is 6.65. The Morgan fingerprint density at radius 2 is 0.773 bits per heavy atom. The molecule has 0 atom stereocenters. The van der Waals surface area contributed by atoms with Gasteiger partial charge in [0.1, 0.15) is 5.52 Å². The minimum atomic E-state index is 0.604. The lowest BCUT2D eigenvalue weighted by Gasteiger charge is -2.29. The average molecular weight is 843 g/mol. The molecule has 3 nitrogen and oxygen atoms in total. The molecule has 0 saturated heterocycles. The Morgan fingerprint density at radius 1 is 0.303 bits per heavy atom. The molecular weight excluding hydrogens is 801 g/mol. The van der Waals surface area contributed by atoms with Gasteiger partial charge >= 0.3 is 0 Å². The summed E-state index contributed by atoms with van der Waals surface area (Å²) < 4.78 is 6.65. The van der Waals surface area contributed by atoms with Gasteiger partial charge in [0.2, 0.25) is 5.89 Å². The highest BCUT2D eigenvalue weighted by Gasteiger charge is 2.21. The summed E-state index contributed by atoms with van der Waals surface area (Å²) in [5.41, 5.74) is 17.2. The van der Waals surface area contributed by atoms with Crippen molar-refractivity contribution in [3.05, 3.63) is 255 Å². The summed E-state index contributed by atoms with van der Waals surface area (Å²) in [6.45, 7) is 0. The Hall–Kier alpha value is -8.79. The fourth-order valence-corrected chi connectivity index (χ4v) is 9.43. The van der Waals surface area contributed by atoms with Crippen LogP contribution in [0.15, 0.2) is 259 Å². The van der Waals surface area contributed by atoms with Crippen molar-refractivity contribution < 1.29 is 4.42 Å². The van der Waals surface area contributed by atoms with Gasteiger partial charge in [-0.15, -0.1) is 0 Å². The number of hydrogen-bond acceptors (Lipinski definition) is 3. The predicted octanol–water partition coefficient (Wildman–Crippen LogP) is 17.6. The molecule has 0 aliphatic carbocycles. The SMILES string of the molecule is c1ccc(-c2ccc(-c3nc4c(cc(-c5ccc(N(c6ccc(-c7ccccc7)cc6)c6ccc(-c7cccc8ccccc78)cc6)c(-c6ccccc6)c5)c5ccccc54)o3)cc2)cc1. The summed E-state index contributed by atoms with van der Waals surface area (Å²) in [5, 5.41) is 4.65. The van der Waals surface area contributed by atoms with E-state index in [9.17, 15) is 0 Å². The molecule has 0 spiro atoms. The first-order chi connectivity index (χ1) is 32.7. The third kappa shape index (κ3) is 7.19. The number of rotatable bonds is 9. The molecular formula is C63H42N2O. The molecule has 1 heterocycles. The van der Waals surface area contributed by atoms with Crippen molar-refractivity contribution in [3.8, 4) is 67.1 Å². The van der Waals surface area contributed by atoms with Crippen molar-refractivity contribution in [1.29, 1.82) is 0 Å². The smallest absolute Gasteiger partial charge is 0.227 e. The zero-order valence-corrected chi connectivity index (χ0v) is 36.1. The van der Waals surface area contributed by atoms with Crippen LogP contribution in [0.25, 0.3) is 99.7 Å². The van der Waals surface area contributed by atoms with Crippen LogP contribution in [0.2, 0.25) is 0 Å². The largest absolute Gasteiger partial charge is 0.436 e.